The molecule has 6 nitrogen and oxygen atoms in total. The Kier molecular flexibility index (Phi) is 2.78. The number of rotatable bonds is 4. The van der Waals surface area contributed by atoms with Crippen molar-refractivity contribution in [2.75, 3.05) is 11.9 Å². The van der Waals surface area contributed by atoms with Gasteiger partial charge in [0.2, 0.25) is 0 Å². The minimum absolute atomic E-state index is 0.0234. The Morgan fingerprint density at radius 3 is 3.06 bits per heavy atom. The SMILES string of the molecule is C=CCNc1cc(C)nc2cc(C(=O)O)nn12. The highest BCUT2D eigenvalue weighted by Crippen LogP contribution is 2.13. The summed E-state index contributed by atoms with van der Waals surface area (Å²) in [5.74, 6) is -0.372. The van der Waals surface area contributed by atoms with Crippen molar-refractivity contribution >= 4 is 17.4 Å². The van der Waals surface area contributed by atoms with Crippen LogP contribution in [0.4, 0.5) is 5.82 Å². The second kappa shape index (κ2) is 4.25. The largest absolute Gasteiger partial charge is 0.476 e. The molecule has 2 aromatic heterocycles. The third kappa shape index (κ3) is 2.10. The van der Waals surface area contributed by atoms with Crippen LogP contribution in [0.15, 0.2) is 24.8 Å². The van der Waals surface area contributed by atoms with E-state index in [-0.39, 0.29) is 5.69 Å². The van der Waals surface area contributed by atoms with Gasteiger partial charge >= 0.3 is 5.97 Å². The second-order valence-corrected chi connectivity index (χ2v) is 3.56. The number of aromatic nitrogens is 3. The molecule has 2 rings (SSSR count). The molecular weight excluding hydrogens is 220 g/mol. The molecule has 6 heteroatoms. The lowest BCUT2D eigenvalue weighted by Gasteiger charge is -2.06. The molecule has 2 aromatic rings. The average Bonchev–Trinajstić information content (AvgIpc) is 2.69. The number of carbonyl (C=O) groups is 1. The van der Waals surface area contributed by atoms with Crippen LogP contribution in [0.1, 0.15) is 16.2 Å². The molecule has 0 amide bonds. The van der Waals surface area contributed by atoms with Gasteiger partial charge in [0, 0.05) is 24.4 Å². The molecule has 0 bridgehead atoms. The van der Waals surface area contributed by atoms with Crippen LogP contribution in [0.2, 0.25) is 0 Å². The van der Waals surface area contributed by atoms with Crippen LogP contribution < -0.4 is 5.32 Å². The average molecular weight is 232 g/mol. The van der Waals surface area contributed by atoms with Gasteiger partial charge in [0.1, 0.15) is 5.82 Å². The molecule has 0 aliphatic rings. The molecule has 0 aliphatic carbocycles. The number of nitrogens with zero attached hydrogens (tertiary/aromatic N) is 3. The van der Waals surface area contributed by atoms with E-state index in [0.29, 0.717) is 18.0 Å². The van der Waals surface area contributed by atoms with Gasteiger partial charge in [-0.15, -0.1) is 6.58 Å². The predicted molar refractivity (Wildman–Crippen MR) is 63.4 cm³/mol. The molecule has 2 heterocycles. The molecular formula is C11H12N4O2. The summed E-state index contributed by atoms with van der Waals surface area (Å²) >= 11 is 0. The van der Waals surface area contributed by atoms with Gasteiger partial charge in [-0.05, 0) is 6.92 Å². The highest BCUT2D eigenvalue weighted by Gasteiger charge is 2.12. The summed E-state index contributed by atoms with van der Waals surface area (Å²) in [4.78, 5) is 15.1. The summed E-state index contributed by atoms with van der Waals surface area (Å²) in [5, 5.41) is 15.9. The van der Waals surface area contributed by atoms with E-state index < -0.39 is 5.97 Å². The smallest absolute Gasteiger partial charge is 0.356 e. The third-order valence-electron chi connectivity index (χ3n) is 2.20. The van der Waals surface area contributed by atoms with Crippen molar-refractivity contribution in [1.82, 2.24) is 14.6 Å². The summed E-state index contributed by atoms with van der Waals surface area (Å²) in [7, 11) is 0. The summed E-state index contributed by atoms with van der Waals surface area (Å²) in [6, 6.07) is 3.24. The Balaban J connectivity index is 2.56. The van der Waals surface area contributed by atoms with Crippen molar-refractivity contribution in [3.63, 3.8) is 0 Å². The van der Waals surface area contributed by atoms with Crippen LogP contribution in [-0.4, -0.2) is 32.2 Å². The molecule has 0 aliphatic heterocycles. The fraction of sp³-hybridized carbons (Fsp3) is 0.182. The Labute approximate surface area is 97.6 Å². The first-order valence-corrected chi connectivity index (χ1v) is 5.07. The lowest BCUT2D eigenvalue weighted by molar-refractivity contribution is 0.0690. The van der Waals surface area contributed by atoms with Crippen molar-refractivity contribution in [1.29, 1.82) is 0 Å². The zero-order valence-corrected chi connectivity index (χ0v) is 9.34. The Morgan fingerprint density at radius 1 is 1.65 bits per heavy atom. The lowest BCUT2D eigenvalue weighted by Crippen LogP contribution is -2.07. The fourth-order valence-corrected chi connectivity index (χ4v) is 1.51. The number of hydrogen-bond donors (Lipinski definition) is 2. The van der Waals surface area contributed by atoms with Gasteiger partial charge in [0.25, 0.3) is 0 Å². The molecule has 0 atom stereocenters. The molecule has 0 saturated heterocycles. The van der Waals surface area contributed by atoms with Gasteiger partial charge in [-0.1, -0.05) is 6.08 Å². The van der Waals surface area contributed by atoms with E-state index in [9.17, 15) is 4.79 Å². The minimum Gasteiger partial charge on any atom is -0.476 e. The molecule has 0 spiro atoms. The maximum atomic E-state index is 10.8. The van der Waals surface area contributed by atoms with E-state index in [1.54, 1.807) is 12.1 Å². The number of aryl methyl sites for hydroxylation is 1. The Bertz CT molecular complexity index is 588. The van der Waals surface area contributed by atoms with Gasteiger partial charge in [0.05, 0.1) is 0 Å². The Morgan fingerprint density at radius 2 is 2.41 bits per heavy atom. The zero-order valence-electron chi connectivity index (χ0n) is 9.34. The molecule has 88 valence electrons. The molecule has 0 fully saturated rings. The van der Waals surface area contributed by atoms with Crippen LogP contribution in [0, 0.1) is 6.92 Å². The highest BCUT2D eigenvalue weighted by atomic mass is 16.4. The highest BCUT2D eigenvalue weighted by molar-refractivity contribution is 5.86. The van der Waals surface area contributed by atoms with E-state index in [0.717, 1.165) is 5.69 Å². The first-order chi connectivity index (χ1) is 8.11. The van der Waals surface area contributed by atoms with E-state index in [1.807, 2.05) is 6.92 Å². The van der Waals surface area contributed by atoms with Gasteiger partial charge in [0.15, 0.2) is 11.3 Å². The van der Waals surface area contributed by atoms with Crippen LogP contribution >= 0.6 is 0 Å². The molecule has 0 unspecified atom stereocenters. The fourth-order valence-electron chi connectivity index (χ4n) is 1.51. The molecule has 0 saturated carbocycles. The maximum absolute atomic E-state index is 10.8. The van der Waals surface area contributed by atoms with E-state index >= 15 is 0 Å². The standard InChI is InChI=1S/C11H12N4O2/c1-3-4-12-9-5-7(2)13-10-6-8(11(16)17)14-15(9)10/h3,5-6,12H,1,4H2,2H3,(H,16,17). The van der Waals surface area contributed by atoms with Gasteiger partial charge in [-0.25, -0.2) is 9.78 Å². The van der Waals surface area contributed by atoms with Crippen molar-refractivity contribution in [3.05, 3.63) is 36.2 Å². The number of carboxylic acid groups (broad SMARTS) is 1. The van der Waals surface area contributed by atoms with Crippen LogP contribution in [0.3, 0.4) is 0 Å². The molecule has 2 N–H and O–H groups in total. The van der Waals surface area contributed by atoms with Crippen LogP contribution in [0.25, 0.3) is 5.65 Å². The van der Waals surface area contributed by atoms with Gasteiger partial charge in [-0.2, -0.15) is 9.61 Å². The van der Waals surface area contributed by atoms with Crippen molar-refractivity contribution in [2.45, 2.75) is 6.92 Å². The lowest BCUT2D eigenvalue weighted by atomic mass is 10.4. The van der Waals surface area contributed by atoms with Gasteiger partial charge < -0.3 is 10.4 Å². The number of anilines is 1. The second-order valence-electron chi connectivity index (χ2n) is 3.56. The third-order valence-corrected chi connectivity index (χ3v) is 2.20. The van der Waals surface area contributed by atoms with E-state index in [4.69, 9.17) is 5.11 Å². The number of hydrogen-bond acceptors (Lipinski definition) is 4. The quantitative estimate of drug-likeness (QED) is 0.777. The minimum atomic E-state index is -1.07. The summed E-state index contributed by atoms with van der Waals surface area (Å²) in [5.41, 5.74) is 1.28. The maximum Gasteiger partial charge on any atom is 0.356 e. The van der Waals surface area contributed by atoms with Crippen LogP contribution in [0.5, 0.6) is 0 Å². The number of carboxylic acids is 1. The first-order valence-electron chi connectivity index (χ1n) is 5.07. The molecule has 0 radical (unpaired) electrons. The van der Waals surface area contributed by atoms with Crippen molar-refractivity contribution in [3.8, 4) is 0 Å². The van der Waals surface area contributed by atoms with Crippen molar-refractivity contribution in [2.24, 2.45) is 0 Å². The normalized spacial score (nSPS) is 10.4. The monoisotopic (exact) mass is 232 g/mol. The number of nitrogens with one attached hydrogen (secondary N) is 1. The summed E-state index contributed by atoms with van der Waals surface area (Å²) in [6.45, 7) is 6.02. The Hall–Kier alpha value is -2.37. The number of aromatic carboxylic acids is 1. The first kappa shape index (κ1) is 11.1. The van der Waals surface area contributed by atoms with Crippen molar-refractivity contribution < 1.29 is 9.90 Å². The summed E-state index contributed by atoms with van der Waals surface area (Å²) < 4.78 is 1.47. The summed E-state index contributed by atoms with van der Waals surface area (Å²) in [6.07, 6.45) is 1.71. The van der Waals surface area contributed by atoms with Gasteiger partial charge in [-0.3, -0.25) is 0 Å². The molecule has 17 heavy (non-hydrogen) atoms. The van der Waals surface area contributed by atoms with Crippen LogP contribution in [-0.2, 0) is 0 Å². The topological polar surface area (TPSA) is 79.5 Å². The number of fused-ring (bicyclic) bond motifs is 1. The van der Waals surface area contributed by atoms with E-state index in [2.05, 4.69) is 22.0 Å². The van der Waals surface area contributed by atoms with E-state index in [1.165, 1.54) is 10.6 Å². The molecule has 0 aromatic carbocycles. The predicted octanol–water partition coefficient (Wildman–Crippen LogP) is 1.33. The zero-order chi connectivity index (χ0) is 12.4.